The first-order valence-electron chi connectivity index (χ1n) is 8.79. The monoisotopic (exact) mass is 369 g/mol. The number of aromatic nitrogens is 1. The fourth-order valence-electron chi connectivity index (χ4n) is 3.33. The van der Waals surface area contributed by atoms with Gasteiger partial charge in [0, 0.05) is 32.4 Å². The van der Waals surface area contributed by atoms with Crippen LogP contribution in [0, 0.1) is 5.92 Å². The van der Waals surface area contributed by atoms with E-state index in [1.54, 1.807) is 16.5 Å². The van der Waals surface area contributed by atoms with Crippen molar-refractivity contribution in [3.63, 3.8) is 0 Å². The van der Waals surface area contributed by atoms with E-state index >= 15 is 0 Å². The highest BCUT2D eigenvalue weighted by Crippen LogP contribution is 2.28. The lowest BCUT2D eigenvalue weighted by Crippen LogP contribution is -2.53. The molecule has 6 nitrogen and oxygen atoms in total. The Labute approximate surface area is 151 Å². The number of halogens is 2. The Bertz CT molecular complexity index is 718. The first-order chi connectivity index (χ1) is 12.1. The molecule has 3 rings (SSSR count). The van der Waals surface area contributed by atoms with Crippen LogP contribution in [0.15, 0.2) is 6.07 Å². The quantitative estimate of drug-likeness (QED) is 0.805. The highest BCUT2D eigenvalue weighted by molar-refractivity contribution is 5.94. The zero-order valence-corrected chi connectivity index (χ0v) is 15.6. The van der Waals surface area contributed by atoms with Crippen LogP contribution < -0.4 is 0 Å². The maximum atomic E-state index is 12.6. The molecule has 0 aliphatic carbocycles. The summed E-state index contributed by atoms with van der Waals surface area (Å²) >= 11 is 0. The van der Waals surface area contributed by atoms with Crippen LogP contribution in [-0.2, 0) is 24.8 Å². The molecule has 0 aromatic carbocycles. The molecule has 0 saturated carbocycles. The van der Waals surface area contributed by atoms with Crippen molar-refractivity contribution < 1.29 is 23.1 Å². The molecule has 0 N–H and O–H groups in total. The summed E-state index contributed by atoms with van der Waals surface area (Å²) in [7, 11) is 1.77. The van der Waals surface area contributed by atoms with E-state index in [0.29, 0.717) is 25.2 Å². The van der Waals surface area contributed by atoms with E-state index in [0.717, 1.165) is 11.3 Å². The van der Waals surface area contributed by atoms with Gasteiger partial charge < -0.3 is 19.1 Å². The number of likely N-dealkylation sites (tertiary alicyclic amines) is 1. The second-order valence-corrected chi connectivity index (χ2v) is 8.02. The van der Waals surface area contributed by atoms with Crippen molar-refractivity contribution in [1.82, 2.24) is 14.4 Å². The SMILES string of the molecule is Cn1c(C(=O)N2CC(C(F)F)C2)cc2c1CN(C(=O)OC(C)(C)C)CC2. The van der Waals surface area contributed by atoms with E-state index in [1.807, 2.05) is 26.8 Å². The van der Waals surface area contributed by atoms with Crippen LogP contribution in [0.1, 0.15) is 42.5 Å². The summed E-state index contributed by atoms with van der Waals surface area (Å²) in [6, 6.07) is 1.82. The lowest BCUT2D eigenvalue weighted by Gasteiger charge is -2.38. The summed E-state index contributed by atoms with van der Waals surface area (Å²) in [5, 5.41) is 0. The lowest BCUT2D eigenvalue weighted by atomic mass is 10.0. The Balaban J connectivity index is 1.71. The molecule has 8 heteroatoms. The zero-order valence-electron chi connectivity index (χ0n) is 15.6. The van der Waals surface area contributed by atoms with Crippen molar-refractivity contribution in [2.75, 3.05) is 19.6 Å². The summed E-state index contributed by atoms with van der Waals surface area (Å²) in [4.78, 5) is 28.0. The maximum Gasteiger partial charge on any atom is 0.410 e. The predicted octanol–water partition coefficient (Wildman–Crippen LogP) is 2.66. The van der Waals surface area contributed by atoms with Gasteiger partial charge in [-0.2, -0.15) is 0 Å². The Morgan fingerprint density at radius 2 is 1.88 bits per heavy atom. The van der Waals surface area contributed by atoms with Crippen LogP contribution in [0.2, 0.25) is 0 Å². The van der Waals surface area contributed by atoms with Crippen LogP contribution in [0.3, 0.4) is 0 Å². The Morgan fingerprint density at radius 3 is 2.46 bits per heavy atom. The van der Waals surface area contributed by atoms with Gasteiger partial charge in [-0.15, -0.1) is 0 Å². The molecule has 0 atom stereocenters. The van der Waals surface area contributed by atoms with E-state index in [2.05, 4.69) is 0 Å². The molecule has 0 radical (unpaired) electrons. The summed E-state index contributed by atoms with van der Waals surface area (Å²) < 4.78 is 32.4. The van der Waals surface area contributed by atoms with E-state index in [9.17, 15) is 18.4 Å². The van der Waals surface area contributed by atoms with Crippen LogP contribution in [-0.4, -0.2) is 58.0 Å². The van der Waals surface area contributed by atoms with Gasteiger partial charge in [-0.25, -0.2) is 13.6 Å². The number of carbonyl (C=O) groups excluding carboxylic acids is 2. The molecule has 1 saturated heterocycles. The molecule has 1 aromatic heterocycles. The Hall–Kier alpha value is -2.12. The van der Waals surface area contributed by atoms with Gasteiger partial charge in [-0.1, -0.05) is 0 Å². The Morgan fingerprint density at radius 1 is 1.23 bits per heavy atom. The van der Waals surface area contributed by atoms with E-state index in [4.69, 9.17) is 4.74 Å². The number of alkyl halides is 2. The van der Waals surface area contributed by atoms with Crippen molar-refractivity contribution in [2.24, 2.45) is 13.0 Å². The number of hydrogen-bond donors (Lipinski definition) is 0. The molecule has 1 fully saturated rings. The van der Waals surface area contributed by atoms with Gasteiger partial charge in [-0.05, 0) is 38.8 Å². The number of ether oxygens (including phenoxy) is 1. The number of rotatable bonds is 2. The van der Waals surface area contributed by atoms with Crippen molar-refractivity contribution in [3.05, 3.63) is 23.0 Å². The molecule has 0 spiro atoms. The normalized spacial score (nSPS) is 18.0. The topological polar surface area (TPSA) is 54.8 Å². The van der Waals surface area contributed by atoms with Gasteiger partial charge in [0.05, 0.1) is 12.5 Å². The van der Waals surface area contributed by atoms with Gasteiger partial charge in [0.1, 0.15) is 11.3 Å². The standard InChI is InChI=1S/C18H25F2N3O3/c1-18(2,3)26-17(25)22-6-5-11-7-13(21(4)14(11)10-22)16(24)23-8-12(9-23)15(19)20/h7,12,15H,5-6,8-10H2,1-4H3. The molecule has 144 valence electrons. The van der Waals surface area contributed by atoms with Gasteiger partial charge in [0.25, 0.3) is 5.91 Å². The minimum absolute atomic E-state index is 0.0936. The second kappa shape index (κ2) is 6.55. The fourth-order valence-corrected chi connectivity index (χ4v) is 3.33. The van der Waals surface area contributed by atoms with Crippen molar-refractivity contribution in [2.45, 2.75) is 45.8 Å². The highest BCUT2D eigenvalue weighted by atomic mass is 19.3. The first-order valence-corrected chi connectivity index (χ1v) is 8.79. The third-order valence-electron chi connectivity index (χ3n) is 4.86. The van der Waals surface area contributed by atoms with E-state index in [1.165, 1.54) is 4.90 Å². The van der Waals surface area contributed by atoms with E-state index in [-0.39, 0.29) is 25.1 Å². The molecule has 2 aliphatic rings. The van der Waals surface area contributed by atoms with Crippen molar-refractivity contribution in [1.29, 1.82) is 0 Å². The summed E-state index contributed by atoms with van der Waals surface area (Å²) in [5.41, 5.74) is 1.82. The summed E-state index contributed by atoms with van der Waals surface area (Å²) in [6.45, 7) is 6.54. The predicted molar refractivity (Wildman–Crippen MR) is 91.2 cm³/mol. The molecule has 2 aliphatic heterocycles. The average molecular weight is 369 g/mol. The van der Waals surface area contributed by atoms with E-state index < -0.39 is 17.9 Å². The minimum Gasteiger partial charge on any atom is -0.444 e. The summed E-state index contributed by atoms with van der Waals surface area (Å²) in [5.74, 6) is -0.959. The first kappa shape index (κ1) is 18.7. The Kier molecular flexibility index (Phi) is 4.71. The van der Waals surface area contributed by atoms with Gasteiger partial charge in [0.2, 0.25) is 6.43 Å². The number of carbonyl (C=O) groups is 2. The second-order valence-electron chi connectivity index (χ2n) is 8.02. The number of nitrogens with zero attached hydrogens (tertiary/aromatic N) is 3. The number of hydrogen-bond acceptors (Lipinski definition) is 3. The van der Waals surface area contributed by atoms with Crippen LogP contribution in [0.4, 0.5) is 13.6 Å². The molecule has 0 unspecified atom stereocenters. The average Bonchev–Trinajstić information content (AvgIpc) is 2.80. The molecular formula is C18H25F2N3O3. The van der Waals surface area contributed by atoms with Crippen molar-refractivity contribution >= 4 is 12.0 Å². The fraction of sp³-hybridized carbons (Fsp3) is 0.667. The van der Waals surface area contributed by atoms with Crippen LogP contribution in [0.5, 0.6) is 0 Å². The van der Waals surface area contributed by atoms with Crippen molar-refractivity contribution in [3.8, 4) is 0 Å². The third-order valence-corrected chi connectivity index (χ3v) is 4.86. The minimum atomic E-state index is -2.39. The van der Waals surface area contributed by atoms with Gasteiger partial charge in [0.15, 0.2) is 0 Å². The third kappa shape index (κ3) is 3.54. The molecule has 2 amide bonds. The zero-order chi connectivity index (χ0) is 19.2. The lowest BCUT2D eigenvalue weighted by molar-refractivity contribution is -0.0156. The van der Waals surface area contributed by atoms with Gasteiger partial charge in [-0.3, -0.25) is 4.79 Å². The molecular weight excluding hydrogens is 344 g/mol. The smallest absolute Gasteiger partial charge is 0.410 e. The largest absolute Gasteiger partial charge is 0.444 e. The van der Waals surface area contributed by atoms with Gasteiger partial charge >= 0.3 is 6.09 Å². The van der Waals surface area contributed by atoms with Crippen LogP contribution in [0.25, 0.3) is 0 Å². The number of amides is 2. The van der Waals surface area contributed by atoms with Crippen LogP contribution >= 0.6 is 0 Å². The highest BCUT2D eigenvalue weighted by Gasteiger charge is 2.38. The molecule has 1 aromatic rings. The molecule has 3 heterocycles. The molecule has 26 heavy (non-hydrogen) atoms. The molecule has 0 bridgehead atoms. The number of fused-ring (bicyclic) bond motifs is 1. The maximum absolute atomic E-state index is 12.6. The summed E-state index contributed by atoms with van der Waals surface area (Å²) in [6.07, 6.45) is -2.13.